The van der Waals surface area contributed by atoms with Gasteiger partial charge in [0.2, 0.25) is 0 Å². The molecule has 13 heavy (non-hydrogen) atoms. The van der Waals surface area contributed by atoms with Crippen molar-refractivity contribution in [1.82, 2.24) is 19.3 Å². The summed E-state index contributed by atoms with van der Waals surface area (Å²) in [5.41, 5.74) is 6.22. The molecule has 0 aliphatic carbocycles. The van der Waals surface area contributed by atoms with Gasteiger partial charge in [-0.05, 0) is 6.92 Å². The third-order valence-corrected chi connectivity index (χ3v) is 1.87. The van der Waals surface area contributed by atoms with Gasteiger partial charge >= 0.3 is 0 Å². The fraction of sp³-hybridized carbons (Fsp3) is 0.250. The van der Waals surface area contributed by atoms with E-state index in [-0.39, 0.29) is 0 Å². The van der Waals surface area contributed by atoms with Gasteiger partial charge in [-0.3, -0.25) is 4.68 Å². The first kappa shape index (κ1) is 7.85. The second kappa shape index (κ2) is 2.93. The van der Waals surface area contributed by atoms with E-state index in [1.807, 2.05) is 17.7 Å². The standard InChI is InChI=1S/C8H11N5/c1-7-10-2-3-12(7)6-13-5-8(9)4-11-13/h2-5H,6,9H2,1H3. The van der Waals surface area contributed by atoms with E-state index < -0.39 is 0 Å². The Morgan fingerprint density at radius 2 is 2.38 bits per heavy atom. The second-order valence-corrected chi connectivity index (χ2v) is 2.90. The highest BCUT2D eigenvalue weighted by atomic mass is 15.3. The maximum atomic E-state index is 5.54. The quantitative estimate of drug-likeness (QED) is 0.725. The molecule has 5 heteroatoms. The Morgan fingerprint density at radius 1 is 1.54 bits per heavy atom. The van der Waals surface area contributed by atoms with Gasteiger partial charge in [-0.15, -0.1) is 0 Å². The van der Waals surface area contributed by atoms with E-state index >= 15 is 0 Å². The molecule has 0 aromatic carbocycles. The zero-order valence-electron chi connectivity index (χ0n) is 7.38. The lowest BCUT2D eigenvalue weighted by atomic mass is 10.6. The number of nitrogens with two attached hydrogens (primary N) is 1. The SMILES string of the molecule is Cc1nccn1Cn1cc(N)cn1. The normalized spacial score (nSPS) is 10.5. The molecule has 68 valence electrons. The van der Waals surface area contributed by atoms with E-state index in [2.05, 4.69) is 10.1 Å². The molecule has 0 bridgehead atoms. The van der Waals surface area contributed by atoms with E-state index in [0.29, 0.717) is 12.4 Å². The maximum Gasteiger partial charge on any atom is 0.117 e. The Hall–Kier alpha value is -1.78. The number of rotatable bonds is 2. The van der Waals surface area contributed by atoms with Crippen LogP contribution in [0.4, 0.5) is 5.69 Å². The molecule has 0 fully saturated rings. The lowest BCUT2D eigenvalue weighted by molar-refractivity contribution is 0.537. The number of imidazole rings is 1. The fourth-order valence-corrected chi connectivity index (χ4v) is 1.17. The van der Waals surface area contributed by atoms with Crippen molar-refractivity contribution in [3.63, 3.8) is 0 Å². The van der Waals surface area contributed by atoms with Crippen molar-refractivity contribution in [2.45, 2.75) is 13.6 Å². The zero-order valence-corrected chi connectivity index (χ0v) is 7.38. The molecule has 0 radical (unpaired) electrons. The van der Waals surface area contributed by atoms with E-state index in [0.717, 1.165) is 5.82 Å². The van der Waals surface area contributed by atoms with Crippen LogP contribution in [0.1, 0.15) is 5.82 Å². The van der Waals surface area contributed by atoms with Crippen molar-refractivity contribution in [3.8, 4) is 0 Å². The highest BCUT2D eigenvalue weighted by Gasteiger charge is 1.98. The summed E-state index contributed by atoms with van der Waals surface area (Å²) >= 11 is 0. The number of hydrogen-bond donors (Lipinski definition) is 1. The Bertz CT molecular complexity index is 400. The molecule has 2 rings (SSSR count). The van der Waals surface area contributed by atoms with Crippen molar-refractivity contribution >= 4 is 5.69 Å². The molecular weight excluding hydrogens is 166 g/mol. The molecule has 0 saturated carbocycles. The lowest BCUT2D eigenvalue weighted by Crippen LogP contribution is -2.08. The van der Waals surface area contributed by atoms with E-state index in [4.69, 9.17) is 5.73 Å². The zero-order chi connectivity index (χ0) is 9.26. The van der Waals surface area contributed by atoms with Crippen molar-refractivity contribution in [3.05, 3.63) is 30.6 Å². The minimum Gasteiger partial charge on any atom is -0.396 e. The number of nitrogens with zero attached hydrogens (tertiary/aromatic N) is 4. The number of anilines is 1. The van der Waals surface area contributed by atoms with Crippen LogP contribution < -0.4 is 5.73 Å². The van der Waals surface area contributed by atoms with Crippen molar-refractivity contribution in [1.29, 1.82) is 0 Å². The molecule has 0 atom stereocenters. The average Bonchev–Trinajstić information content (AvgIpc) is 2.64. The van der Waals surface area contributed by atoms with E-state index in [1.165, 1.54) is 0 Å². The summed E-state index contributed by atoms with van der Waals surface area (Å²) in [5, 5.41) is 4.07. The Morgan fingerprint density at radius 3 is 2.92 bits per heavy atom. The molecule has 0 aliphatic heterocycles. The van der Waals surface area contributed by atoms with Gasteiger partial charge in [0.15, 0.2) is 0 Å². The predicted molar refractivity (Wildman–Crippen MR) is 49.0 cm³/mol. The van der Waals surface area contributed by atoms with Gasteiger partial charge in [-0.1, -0.05) is 0 Å². The van der Waals surface area contributed by atoms with E-state index in [1.54, 1.807) is 23.3 Å². The number of aryl methyl sites for hydroxylation is 1. The predicted octanol–water partition coefficient (Wildman–Crippen LogP) is 0.476. The van der Waals surface area contributed by atoms with Gasteiger partial charge in [-0.25, -0.2) is 4.98 Å². The van der Waals surface area contributed by atoms with Crippen LogP contribution in [0.2, 0.25) is 0 Å². The van der Waals surface area contributed by atoms with Crippen molar-refractivity contribution in [2.24, 2.45) is 0 Å². The summed E-state index contributed by atoms with van der Waals surface area (Å²) in [6, 6.07) is 0. The van der Waals surface area contributed by atoms with Crippen LogP contribution in [0.15, 0.2) is 24.8 Å². The maximum absolute atomic E-state index is 5.54. The number of nitrogen functional groups attached to an aromatic ring is 1. The summed E-state index contributed by atoms with van der Waals surface area (Å²) in [4.78, 5) is 4.11. The Kier molecular flexibility index (Phi) is 1.77. The van der Waals surface area contributed by atoms with Gasteiger partial charge in [0.1, 0.15) is 12.5 Å². The topological polar surface area (TPSA) is 61.7 Å². The molecule has 0 unspecified atom stereocenters. The number of hydrogen-bond acceptors (Lipinski definition) is 3. The molecule has 0 saturated heterocycles. The summed E-state index contributed by atoms with van der Waals surface area (Å²) < 4.78 is 3.76. The summed E-state index contributed by atoms with van der Waals surface area (Å²) in [7, 11) is 0. The van der Waals surface area contributed by atoms with Gasteiger partial charge in [0, 0.05) is 18.6 Å². The minimum absolute atomic E-state index is 0.656. The van der Waals surface area contributed by atoms with Crippen LogP contribution in [0.5, 0.6) is 0 Å². The molecule has 2 aromatic heterocycles. The van der Waals surface area contributed by atoms with E-state index in [9.17, 15) is 0 Å². The highest BCUT2D eigenvalue weighted by Crippen LogP contribution is 2.00. The largest absolute Gasteiger partial charge is 0.396 e. The van der Waals surface area contributed by atoms with Crippen molar-refractivity contribution < 1.29 is 0 Å². The molecule has 0 amide bonds. The van der Waals surface area contributed by atoms with Crippen LogP contribution >= 0.6 is 0 Å². The number of aromatic nitrogens is 4. The van der Waals surface area contributed by atoms with Crippen LogP contribution in [0.25, 0.3) is 0 Å². The minimum atomic E-state index is 0.656. The molecule has 0 spiro atoms. The Labute approximate surface area is 75.8 Å². The van der Waals surface area contributed by atoms with Crippen LogP contribution in [-0.4, -0.2) is 19.3 Å². The summed E-state index contributed by atoms with van der Waals surface area (Å²) in [6.07, 6.45) is 7.10. The Balaban J connectivity index is 2.19. The average molecular weight is 177 g/mol. The third kappa shape index (κ3) is 1.53. The monoisotopic (exact) mass is 177 g/mol. The van der Waals surface area contributed by atoms with Crippen LogP contribution in [0.3, 0.4) is 0 Å². The first-order valence-corrected chi connectivity index (χ1v) is 4.01. The highest BCUT2D eigenvalue weighted by molar-refractivity contribution is 5.30. The molecule has 2 N–H and O–H groups in total. The smallest absolute Gasteiger partial charge is 0.117 e. The van der Waals surface area contributed by atoms with Gasteiger partial charge in [0.05, 0.1) is 11.9 Å². The first-order valence-electron chi connectivity index (χ1n) is 4.01. The third-order valence-electron chi connectivity index (χ3n) is 1.87. The van der Waals surface area contributed by atoms with Gasteiger partial charge in [-0.2, -0.15) is 5.10 Å². The fourth-order valence-electron chi connectivity index (χ4n) is 1.17. The van der Waals surface area contributed by atoms with Crippen LogP contribution in [0, 0.1) is 6.92 Å². The molecule has 0 aliphatic rings. The van der Waals surface area contributed by atoms with Gasteiger partial charge < -0.3 is 10.3 Å². The van der Waals surface area contributed by atoms with Crippen LogP contribution in [-0.2, 0) is 6.67 Å². The molecule has 2 heterocycles. The first-order chi connectivity index (χ1) is 6.25. The van der Waals surface area contributed by atoms with Gasteiger partial charge in [0.25, 0.3) is 0 Å². The lowest BCUT2D eigenvalue weighted by Gasteiger charge is -2.03. The summed E-state index contributed by atoms with van der Waals surface area (Å²) in [5.74, 6) is 0.967. The molecular formula is C8H11N5. The second-order valence-electron chi connectivity index (χ2n) is 2.90. The molecule has 5 nitrogen and oxygen atoms in total. The summed E-state index contributed by atoms with van der Waals surface area (Å²) in [6.45, 7) is 2.61. The molecule has 2 aromatic rings. The van der Waals surface area contributed by atoms with Crippen molar-refractivity contribution in [2.75, 3.05) is 5.73 Å².